The molecule has 0 unspecified atom stereocenters. The molecule has 2 aliphatic rings. The van der Waals surface area contributed by atoms with Gasteiger partial charge in [0, 0.05) is 6.07 Å². The molecule has 0 radical (unpaired) electrons. The van der Waals surface area contributed by atoms with E-state index in [1.54, 1.807) is 13.0 Å². The number of aryl methyl sites for hydroxylation is 1. The van der Waals surface area contributed by atoms with Crippen LogP contribution in [0.4, 0.5) is 5.82 Å². The number of imide groups is 1. The zero-order chi connectivity index (χ0) is 16.0. The highest BCUT2D eigenvalue weighted by atomic mass is 16.5. The van der Waals surface area contributed by atoms with E-state index in [4.69, 9.17) is 4.52 Å². The van der Waals surface area contributed by atoms with Crippen LogP contribution < -0.4 is 4.90 Å². The molecule has 118 valence electrons. The number of fused-ring (bicyclic) bond motifs is 1. The van der Waals surface area contributed by atoms with Crippen LogP contribution in [0.5, 0.6) is 0 Å². The summed E-state index contributed by atoms with van der Waals surface area (Å²) in [5.41, 5.74) is 1.25. The fourth-order valence-corrected chi connectivity index (χ4v) is 3.89. The maximum Gasteiger partial charge on any atom is 0.239 e. The number of aromatic nitrogens is 1. The lowest BCUT2D eigenvalue weighted by Gasteiger charge is -2.28. The van der Waals surface area contributed by atoms with Crippen molar-refractivity contribution in [3.63, 3.8) is 0 Å². The molecule has 2 amide bonds. The first-order chi connectivity index (χ1) is 11.1. The Hall–Kier alpha value is -2.43. The van der Waals surface area contributed by atoms with Gasteiger partial charge in [-0.2, -0.15) is 0 Å². The number of hydrogen-bond donors (Lipinski definition) is 0. The minimum atomic E-state index is -0.238. The molecule has 2 heterocycles. The van der Waals surface area contributed by atoms with E-state index in [9.17, 15) is 9.59 Å². The Morgan fingerprint density at radius 2 is 1.83 bits per heavy atom. The van der Waals surface area contributed by atoms with Crippen LogP contribution in [0.15, 0.2) is 40.9 Å². The summed E-state index contributed by atoms with van der Waals surface area (Å²) in [6, 6.07) is 11.9. The van der Waals surface area contributed by atoms with Gasteiger partial charge in [0.1, 0.15) is 5.76 Å². The predicted octanol–water partition coefficient (Wildman–Crippen LogP) is 3.06. The molecule has 4 rings (SSSR count). The van der Waals surface area contributed by atoms with E-state index in [2.05, 4.69) is 17.3 Å². The van der Waals surface area contributed by atoms with Gasteiger partial charge >= 0.3 is 0 Å². The number of anilines is 1. The Balaban J connectivity index is 1.60. The van der Waals surface area contributed by atoms with E-state index in [-0.39, 0.29) is 23.7 Å². The molecule has 1 saturated carbocycles. The van der Waals surface area contributed by atoms with E-state index in [1.807, 2.05) is 18.2 Å². The maximum atomic E-state index is 12.8. The Morgan fingerprint density at radius 1 is 1.09 bits per heavy atom. The van der Waals surface area contributed by atoms with Gasteiger partial charge in [0.2, 0.25) is 11.8 Å². The third-order valence-electron chi connectivity index (χ3n) is 5.04. The third-order valence-corrected chi connectivity index (χ3v) is 5.04. The second-order valence-electron chi connectivity index (χ2n) is 6.44. The van der Waals surface area contributed by atoms with Gasteiger partial charge in [0.25, 0.3) is 0 Å². The molecule has 1 aromatic carbocycles. The van der Waals surface area contributed by atoms with Crippen molar-refractivity contribution in [2.45, 2.75) is 32.1 Å². The second-order valence-corrected chi connectivity index (χ2v) is 6.44. The summed E-state index contributed by atoms with van der Waals surface area (Å²) in [6.45, 7) is 1.75. The molecule has 5 nitrogen and oxygen atoms in total. The van der Waals surface area contributed by atoms with Gasteiger partial charge in [-0.05, 0) is 37.7 Å². The minimum absolute atomic E-state index is 0.125. The minimum Gasteiger partial charge on any atom is -0.360 e. The summed E-state index contributed by atoms with van der Waals surface area (Å²) >= 11 is 0. The van der Waals surface area contributed by atoms with Crippen molar-refractivity contribution in [2.24, 2.45) is 11.8 Å². The molecule has 3 atom stereocenters. The summed E-state index contributed by atoms with van der Waals surface area (Å²) in [6.07, 6.45) is 2.42. The number of carbonyl (C=O) groups excluding carboxylic acids is 2. The highest BCUT2D eigenvalue weighted by Crippen LogP contribution is 2.45. The van der Waals surface area contributed by atoms with Gasteiger partial charge in [0.15, 0.2) is 5.82 Å². The molecular weight excluding hydrogens is 292 g/mol. The molecule has 2 fully saturated rings. The van der Waals surface area contributed by atoms with Gasteiger partial charge < -0.3 is 4.52 Å². The van der Waals surface area contributed by atoms with E-state index < -0.39 is 0 Å². The molecule has 0 spiro atoms. The van der Waals surface area contributed by atoms with Crippen LogP contribution in [-0.4, -0.2) is 17.0 Å². The Labute approximate surface area is 134 Å². The van der Waals surface area contributed by atoms with Crippen molar-refractivity contribution in [1.82, 2.24) is 5.16 Å². The Bertz CT molecular complexity index is 753. The van der Waals surface area contributed by atoms with Crippen LogP contribution in [0.1, 0.15) is 36.5 Å². The van der Waals surface area contributed by atoms with Crippen molar-refractivity contribution in [3.8, 4) is 0 Å². The topological polar surface area (TPSA) is 63.4 Å². The lowest BCUT2D eigenvalue weighted by Crippen LogP contribution is -2.31. The molecule has 23 heavy (non-hydrogen) atoms. The molecular formula is C18H18N2O3. The first-order valence-corrected chi connectivity index (χ1v) is 8.01. The molecule has 1 aliphatic carbocycles. The van der Waals surface area contributed by atoms with Crippen LogP contribution in [-0.2, 0) is 9.59 Å². The smallest absolute Gasteiger partial charge is 0.239 e. The van der Waals surface area contributed by atoms with E-state index in [0.717, 1.165) is 19.3 Å². The number of hydrogen-bond acceptors (Lipinski definition) is 4. The molecule has 0 bridgehead atoms. The number of amides is 2. The van der Waals surface area contributed by atoms with Crippen molar-refractivity contribution in [3.05, 3.63) is 47.7 Å². The SMILES string of the molecule is Cc1cc(N2C(=O)[C@H]3C[C@H](c4ccccc4)CC[C@H]3C2=O)no1. The number of carbonyl (C=O) groups is 2. The van der Waals surface area contributed by atoms with Gasteiger partial charge in [-0.3, -0.25) is 9.59 Å². The summed E-state index contributed by atoms with van der Waals surface area (Å²) in [7, 11) is 0. The van der Waals surface area contributed by atoms with Gasteiger partial charge in [-0.25, -0.2) is 4.90 Å². The summed E-state index contributed by atoms with van der Waals surface area (Å²) < 4.78 is 5.02. The zero-order valence-electron chi connectivity index (χ0n) is 12.9. The van der Waals surface area contributed by atoms with Crippen molar-refractivity contribution < 1.29 is 14.1 Å². The highest BCUT2D eigenvalue weighted by molar-refractivity contribution is 6.21. The average Bonchev–Trinajstić information content (AvgIpc) is 3.10. The molecule has 5 heteroatoms. The van der Waals surface area contributed by atoms with E-state index in [1.165, 1.54) is 10.5 Å². The fraction of sp³-hybridized carbons (Fsp3) is 0.389. The van der Waals surface area contributed by atoms with Crippen LogP contribution in [0.25, 0.3) is 0 Å². The predicted molar refractivity (Wildman–Crippen MR) is 83.7 cm³/mol. The van der Waals surface area contributed by atoms with Crippen LogP contribution in [0.3, 0.4) is 0 Å². The Morgan fingerprint density at radius 3 is 2.52 bits per heavy atom. The molecule has 1 aromatic heterocycles. The fourth-order valence-electron chi connectivity index (χ4n) is 3.89. The second kappa shape index (κ2) is 5.33. The van der Waals surface area contributed by atoms with Crippen molar-refractivity contribution in [2.75, 3.05) is 4.90 Å². The lowest BCUT2D eigenvalue weighted by molar-refractivity contribution is -0.122. The number of rotatable bonds is 2. The number of benzene rings is 1. The van der Waals surface area contributed by atoms with Crippen LogP contribution >= 0.6 is 0 Å². The van der Waals surface area contributed by atoms with Crippen molar-refractivity contribution in [1.29, 1.82) is 0 Å². The average molecular weight is 310 g/mol. The third kappa shape index (κ3) is 2.27. The van der Waals surface area contributed by atoms with Crippen LogP contribution in [0, 0.1) is 18.8 Å². The first kappa shape index (κ1) is 14.2. The van der Waals surface area contributed by atoms with Crippen LogP contribution in [0.2, 0.25) is 0 Å². The number of nitrogens with zero attached hydrogens (tertiary/aromatic N) is 2. The van der Waals surface area contributed by atoms with E-state index >= 15 is 0 Å². The highest BCUT2D eigenvalue weighted by Gasteiger charge is 2.51. The Kier molecular flexibility index (Phi) is 3.29. The summed E-state index contributed by atoms with van der Waals surface area (Å²) in [4.78, 5) is 26.6. The van der Waals surface area contributed by atoms with Gasteiger partial charge in [-0.15, -0.1) is 0 Å². The first-order valence-electron chi connectivity index (χ1n) is 8.01. The quantitative estimate of drug-likeness (QED) is 0.800. The standard InChI is InChI=1S/C18H18N2O3/c1-11-9-16(19-23-11)20-17(21)14-8-7-13(10-15(14)18(20)22)12-5-3-2-4-6-12/h2-6,9,13-15H,7-8,10H2,1H3/t13-,14-,15+/m1/s1. The molecule has 1 aliphatic heterocycles. The summed E-state index contributed by atoms with van der Waals surface area (Å²) in [5.74, 6) is 0.556. The molecule has 1 saturated heterocycles. The zero-order valence-corrected chi connectivity index (χ0v) is 12.9. The molecule has 0 N–H and O–H groups in total. The van der Waals surface area contributed by atoms with E-state index in [0.29, 0.717) is 17.5 Å². The molecule has 2 aromatic rings. The largest absolute Gasteiger partial charge is 0.360 e. The van der Waals surface area contributed by atoms with Gasteiger partial charge in [0.05, 0.1) is 11.8 Å². The van der Waals surface area contributed by atoms with Gasteiger partial charge in [-0.1, -0.05) is 35.5 Å². The summed E-state index contributed by atoms with van der Waals surface area (Å²) in [5, 5.41) is 3.84. The monoisotopic (exact) mass is 310 g/mol. The lowest BCUT2D eigenvalue weighted by atomic mass is 9.73. The normalized spacial score (nSPS) is 27.3. The van der Waals surface area contributed by atoms with Crippen molar-refractivity contribution >= 4 is 17.6 Å². The maximum absolute atomic E-state index is 12.8.